The predicted octanol–water partition coefficient (Wildman–Crippen LogP) is 2.38. The van der Waals surface area contributed by atoms with Gasteiger partial charge >= 0.3 is 0 Å². The molecule has 1 amide bonds. The Bertz CT molecular complexity index is 687. The monoisotopic (exact) mass is 300 g/mol. The largest absolute Gasteiger partial charge is 0.464 e. The van der Waals surface area contributed by atoms with Crippen molar-refractivity contribution >= 4 is 16.8 Å². The van der Waals surface area contributed by atoms with Gasteiger partial charge in [-0.25, -0.2) is 4.98 Å². The van der Waals surface area contributed by atoms with Crippen molar-refractivity contribution in [3.8, 4) is 5.88 Å². The third-order valence-electron chi connectivity index (χ3n) is 3.90. The zero-order valence-corrected chi connectivity index (χ0v) is 12.9. The highest BCUT2D eigenvalue weighted by Crippen LogP contribution is 2.28. The number of carbonyl (C=O) groups excluding carboxylic acids is 1. The molecule has 3 rings (SSSR count). The number of methoxy groups -OCH3 is 1. The first-order valence-corrected chi connectivity index (χ1v) is 7.56. The SMILES string of the molecule is CC[C@@H]1Oc2nc3ccccc3cc2CN(CCOC)C1=O. The summed E-state index contributed by atoms with van der Waals surface area (Å²) < 4.78 is 11.0. The van der Waals surface area contributed by atoms with Crippen LogP contribution in [0.3, 0.4) is 0 Å². The highest BCUT2D eigenvalue weighted by molar-refractivity contribution is 5.84. The van der Waals surface area contributed by atoms with Crippen LogP contribution >= 0.6 is 0 Å². The minimum absolute atomic E-state index is 0.00149. The molecule has 0 saturated heterocycles. The van der Waals surface area contributed by atoms with Crippen LogP contribution in [0, 0.1) is 0 Å². The molecule has 1 aromatic carbocycles. The van der Waals surface area contributed by atoms with Gasteiger partial charge in [-0.1, -0.05) is 25.1 Å². The number of aromatic nitrogens is 1. The first-order chi connectivity index (χ1) is 10.7. The standard InChI is InChI=1S/C17H20N2O3/c1-3-15-17(20)19(8-9-21-2)11-13-10-12-6-4-5-7-14(12)18-16(13)22-15/h4-7,10,15H,3,8-9,11H2,1-2H3/t15-/m0/s1. The predicted molar refractivity (Wildman–Crippen MR) is 83.7 cm³/mol. The van der Waals surface area contributed by atoms with Gasteiger partial charge in [0.1, 0.15) is 0 Å². The number of nitrogens with zero attached hydrogens (tertiary/aromatic N) is 2. The maximum absolute atomic E-state index is 12.6. The lowest BCUT2D eigenvalue weighted by molar-refractivity contribution is -0.139. The van der Waals surface area contributed by atoms with Crippen LogP contribution in [0.2, 0.25) is 0 Å². The topological polar surface area (TPSA) is 51.7 Å². The Balaban J connectivity index is 2.01. The Kier molecular flexibility index (Phi) is 4.24. The maximum atomic E-state index is 12.6. The van der Waals surface area contributed by atoms with Crippen LogP contribution in [0.1, 0.15) is 18.9 Å². The summed E-state index contributed by atoms with van der Waals surface area (Å²) in [6.45, 7) is 3.52. The lowest BCUT2D eigenvalue weighted by atomic mass is 10.1. The normalized spacial score (nSPS) is 18.0. The van der Waals surface area contributed by atoms with Gasteiger partial charge in [-0.15, -0.1) is 0 Å². The number of pyridine rings is 1. The van der Waals surface area contributed by atoms with E-state index in [9.17, 15) is 4.79 Å². The van der Waals surface area contributed by atoms with Crippen molar-refractivity contribution in [1.82, 2.24) is 9.88 Å². The van der Waals surface area contributed by atoms with Crippen molar-refractivity contribution < 1.29 is 14.3 Å². The summed E-state index contributed by atoms with van der Waals surface area (Å²) in [5, 5.41) is 1.05. The van der Waals surface area contributed by atoms with Crippen LogP contribution in [0.25, 0.3) is 10.9 Å². The first-order valence-electron chi connectivity index (χ1n) is 7.56. The lowest BCUT2D eigenvalue weighted by Crippen LogP contribution is -2.40. The molecule has 1 aliphatic heterocycles. The van der Waals surface area contributed by atoms with E-state index in [2.05, 4.69) is 11.1 Å². The summed E-state index contributed by atoms with van der Waals surface area (Å²) in [5.41, 5.74) is 1.83. The molecule has 0 bridgehead atoms. The number of rotatable bonds is 4. The van der Waals surface area contributed by atoms with Crippen LogP contribution in [-0.4, -0.2) is 42.2 Å². The number of para-hydroxylation sites is 1. The van der Waals surface area contributed by atoms with Gasteiger partial charge in [0.2, 0.25) is 5.88 Å². The minimum Gasteiger partial charge on any atom is -0.464 e. The molecule has 0 fully saturated rings. The fourth-order valence-corrected chi connectivity index (χ4v) is 2.68. The number of benzene rings is 1. The molecule has 5 heteroatoms. The van der Waals surface area contributed by atoms with Gasteiger partial charge in [0, 0.05) is 24.6 Å². The van der Waals surface area contributed by atoms with Gasteiger partial charge in [0.05, 0.1) is 18.7 Å². The number of ether oxygens (including phenoxy) is 2. The first kappa shape index (κ1) is 14.8. The van der Waals surface area contributed by atoms with E-state index in [1.165, 1.54) is 0 Å². The molecular weight excluding hydrogens is 280 g/mol. The molecule has 116 valence electrons. The second-order valence-corrected chi connectivity index (χ2v) is 5.41. The third-order valence-corrected chi connectivity index (χ3v) is 3.90. The second kappa shape index (κ2) is 6.32. The van der Waals surface area contributed by atoms with Gasteiger partial charge in [-0.2, -0.15) is 0 Å². The Hall–Kier alpha value is -2.14. The molecule has 0 saturated carbocycles. The maximum Gasteiger partial charge on any atom is 0.264 e. The zero-order valence-electron chi connectivity index (χ0n) is 12.9. The number of hydrogen-bond acceptors (Lipinski definition) is 4. The number of hydrogen-bond donors (Lipinski definition) is 0. The summed E-state index contributed by atoms with van der Waals surface area (Å²) in [5.74, 6) is 0.570. The lowest BCUT2D eigenvalue weighted by Gasteiger charge is -2.22. The number of amides is 1. The summed E-state index contributed by atoms with van der Waals surface area (Å²) in [6.07, 6.45) is 0.141. The van der Waals surface area contributed by atoms with Crippen molar-refractivity contribution in [1.29, 1.82) is 0 Å². The van der Waals surface area contributed by atoms with Crippen molar-refractivity contribution in [2.24, 2.45) is 0 Å². The molecule has 1 atom stereocenters. The van der Waals surface area contributed by atoms with E-state index in [0.717, 1.165) is 16.5 Å². The Morgan fingerprint density at radius 1 is 1.41 bits per heavy atom. The van der Waals surface area contributed by atoms with Gasteiger partial charge in [-0.3, -0.25) is 4.79 Å². The third kappa shape index (κ3) is 2.76. The number of carbonyl (C=O) groups is 1. The molecule has 2 aromatic rings. The van der Waals surface area contributed by atoms with Gasteiger partial charge in [0.15, 0.2) is 6.10 Å². The van der Waals surface area contributed by atoms with Crippen molar-refractivity contribution in [3.05, 3.63) is 35.9 Å². The molecule has 22 heavy (non-hydrogen) atoms. The molecule has 0 N–H and O–H groups in total. The van der Waals surface area contributed by atoms with E-state index >= 15 is 0 Å². The second-order valence-electron chi connectivity index (χ2n) is 5.41. The zero-order chi connectivity index (χ0) is 15.5. The van der Waals surface area contributed by atoms with E-state index in [-0.39, 0.29) is 5.91 Å². The van der Waals surface area contributed by atoms with Crippen LogP contribution in [0.4, 0.5) is 0 Å². The smallest absolute Gasteiger partial charge is 0.264 e. The molecule has 0 spiro atoms. The number of fused-ring (bicyclic) bond motifs is 2. The molecule has 5 nitrogen and oxygen atoms in total. The molecule has 2 heterocycles. The molecule has 0 unspecified atom stereocenters. The summed E-state index contributed by atoms with van der Waals surface area (Å²) >= 11 is 0. The Morgan fingerprint density at radius 2 is 2.23 bits per heavy atom. The molecule has 0 aliphatic carbocycles. The quantitative estimate of drug-likeness (QED) is 0.870. The van der Waals surface area contributed by atoms with E-state index in [1.54, 1.807) is 12.0 Å². The van der Waals surface area contributed by atoms with E-state index < -0.39 is 6.10 Å². The summed E-state index contributed by atoms with van der Waals surface area (Å²) in [6, 6.07) is 9.96. The average Bonchev–Trinajstić information content (AvgIpc) is 2.67. The summed E-state index contributed by atoms with van der Waals surface area (Å²) in [4.78, 5) is 18.9. The molecular formula is C17H20N2O3. The summed E-state index contributed by atoms with van der Waals surface area (Å²) in [7, 11) is 1.64. The minimum atomic E-state index is -0.480. The van der Waals surface area contributed by atoms with Crippen LogP contribution in [0.15, 0.2) is 30.3 Å². The van der Waals surface area contributed by atoms with E-state index in [0.29, 0.717) is 32.0 Å². The Morgan fingerprint density at radius 3 is 3.00 bits per heavy atom. The van der Waals surface area contributed by atoms with Crippen LogP contribution in [0.5, 0.6) is 5.88 Å². The van der Waals surface area contributed by atoms with E-state index in [1.807, 2.05) is 31.2 Å². The van der Waals surface area contributed by atoms with Crippen molar-refractivity contribution in [2.45, 2.75) is 26.0 Å². The molecule has 1 aromatic heterocycles. The van der Waals surface area contributed by atoms with Crippen molar-refractivity contribution in [3.63, 3.8) is 0 Å². The Labute approximate surface area is 129 Å². The average molecular weight is 300 g/mol. The molecule has 0 radical (unpaired) electrons. The van der Waals surface area contributed by atoms with Crippen molar-refractivity contribution in [2.75, 3.05) is 20.3 Å². The fourth-order valence-electron chi connectivity index (χ4n) is 2.68. The van der Waals surface area contributed by atoms with Gasteiger partial charge in [-0.05, 0) is 18.6 Å². The highest BCUT2D eigenvalue weighted by atomic mass is 16.5. The molecule has 1 aliphatic rings. The van der Waals surface area contributed by atoms with Crippen LogP contribution < -0.4 is 4.74 Å². The van der Waals surface area contributed by atoms with Crippen LogP contribution in [-0.2, 0) is 16.1 Å². The van der Waals surface area contributed by atoms with E-state index in [4.69, 9.17) is 9.47 Å². The highest BCUT2D eigenvalue weighted by Gasteiger charge is 2.30. The fraction of sp³-hybridized carbons (Fsp3) is 0.412. The van der Waals surface area contributed by atoms with Gasteiger partial charge in [0.25, 0.3) is 5.91 Å². The van der Waals surface area contributed by atoms with Gasteiger partial charge < -0.3 is 14.4 Å².